The number of carbonyl (C=O) groups excluding carboxylic acids is 1. The lowest BCUT2D eigenvalue weighted by molar-refractivity contribution is -0.221. The molecule has 55 heavy (non-hydrogen) atoms. The minimum Gasteiger partial charge on any atom is -0.481 e. The molecule has 10 atom stereocenters. The zero-order valence-corrected chi connectivity index (χ0v) is 36.0. The van der Waals surface area contributed by atoms with Crippen molar-refractivity contribution < 1.29 is 23.8 Å². The van der Waals surface area contributed by atoms with Gasteiger partial charge in [-0.05, 0) is 205 Å². The number of carbonyl (C=O) groups is 2. The van der Waals surface area contributed by atoms with Crippen molar-refractivity contribution in [3.8, 4) is 0 Å². The molecule has 308 valence electrons. The summed E-state index contributed by atoms with van der Waals surface area (Å²) < 4.78 is 19.5. The number of esters is 1. The molecule has 0 amide bonds. The molecular formula is C49H76FNO4. The van der Waals surface area contributed by atoms with Gasteiger partial charge in [-0.25, -0.2) is 4.39 Å². The van der Waals surface area contributed by atoms with Gasteiger partial charge in [0.05, 0.1) is 17.4 Å². The molecule has 5 nitrogen and oxygen atoms in total. The van der Waals surface area contributed by atoms with Crippen LogP contribution in [-0.4, -0.2) is 42.4 Å². The van der Waals surface area contributed by atoms with Gasteiger partial charge in [-0.3, -0.25) is 9.59 Å². The molecule has 7 aliphatic carbocycles. The van der Waals surface area contributed by atoms with Crippen LogP contribution in [0.15, 0.2) is 35.5 Å². The minimum absolute atomic E-state index is 0.00217. The second kappa shape index (κ2) is 14.4. The number of nitrogens with one attached hydrogen (secondary N) is 1. The van der Waals surface area contributed by atoms with Crippen LogP contribution >= 0.6 is 0 Å². The number of carboxylic acids is 1. The molecule has 0 saturated heterocycles. The summed E-state index contributed by atoms with van der Waals surface area (Å²) in [5.41, 5.74) is 3.50. The van der Waals surface area contributed by atoms with Crippen molar-refractivity contribution in [2.24, 2.45) is 68.0 Å². The van der Waals surface area contributed by atoms with Crippen molar-refractivity contribution in [3.63, 3.8) is 0 Å². The Hall–Kier alpha value is -1.95. The molecule has 5 saturated carbocycles. The zero-order chi connectivity index (χ0) is 39.8. The highest BCUT2D eigenvalue weighted by molar-refractivity contribution is 5.76. The highest BCUT2D eigenvalue weighted by atomic mass is 19.1. The number of fused-ring (bicyclic) bond motifs is 7. The molecule has 0 aromatic heterocycles. The van der Waals surface area contributed by atoms with Crippen LogP contribution in [-0.2, 0) is 14.3 Å². The van der Waals surface area contributed by atoms with Crippen LogP contribution < -0.4 is 5.32 Å². The smallest absolute Gasteiger partial charge is 0.312 e. The summed E-state index contributed by atoms with van der Waals surface area (Å²) in [5, 5.41) is 14.2. The molecule has 0 aromatic carbocycles. The third-order valence-corrected chi connectivity index (χ3v) is 19.3. The first-order valence-corrected chi connectivity index (χ1v) is 22.6. The van der Waals surface area contributed by atoms with Gasteiger partial charge in [0.1, 0.15) is 6.67 Å². The van der Waals surface area contributed by atoms with Gasteiger partial charge in [-0.15, -0.1) is 0 Å². The molecule has 0 aliphatic heterocycles. The first-order chi connectivity index (χ1) is 25.9. The highest BCUT2D eigenvalue weighted by Crippen LogP contribution is 2.76. The SMILES string of the molecule is C=C(C)[C@@H]1CC[C@]2(NCCC3CCC(C)(C(=O)OCC)CC3)CC[C@]3(C)[C@H](CC[C@@H]4[C@@]5(C)CC=C(C6=CC[C@@](CF)(C(=O)O)CC6)C(C)(C)[C@@H]5CC[C@]43C)[C@@H]12. The topological polar surface area (TPSA) is 75.6 Å². The Morgan fingerprint density at radius 1 is 0.873 bits per heavy atom. The van der Waals surface area contributed by atoms with Crippen LogP contribution in [0.1, 0.15) is 165 Å². The second-order valence-electron chi connectivity index (χ2n) is 22.0. The molecule has 7 aliphatic rings. The van der Waals surface area contributed by atoms with E-state index in [9.17, 15) is 19.1 Å². The Kier molecular flexibility index (Phi) is 10.8. The van der Waals surface area contributed by atoms with Gasteiger partial charge >= 0.3 is 11.9 Å². The van der Waals surface area contributed by atoms with Crippen LogP contribution in [0.2, 0.25) is 0 Å². The van der Waals surface area contributed by atoms with Crippen molar-refractivity contribution >= 4 is 11.9 Å². The van der Waals surface area contributed by atoms with Crippen LogP contribution in [0, 0.1) is 68.0 Å². The number of alkyl halides is 1. The predicted molar refractivity (Wildman–Crippen MR) is 220 cm³/mol. The number of hydrogen-bond donors (Lipinski definition) is 2. The van der Waals surface area contributed by atoms with Gasteiger partial charge in [0.2, 0.25) is 0 Å². The lowest BCUT2D eigenvalue weighted by atomic mass is 9.33. The maximum atomic E-state index is 14.0. The van der Waals surface area contributed by atoms with E-state index in [1.165, 1.54) is 74.5 Å². The molecule has 6 heteroatoms. The number of allylic oxidation sites excluding steroid dienone is 5. The van der Waals surface area contributed by atoms with Crippen LogP contribution in [0.25, 0.3) is 0 Å². The summed E-state index contributed by atoms with van der Waals surface area (Å²) in [4.78, 5) is 24.7. The van der Waals surface area contributed by atoms with Gasteiger partial charge < -0.3 is 15.2 Å². The third-order valence-electron chi connectivity index (χ3n) is 19.3. The number of aliphatic carboxylic acids is 1. The third kappa shape index (κ3) is 6.28. The largest absolute Gasteiger partial charge is 0.481 e. The summed E-state index contributed by atoms with van der Waals surface area (Å²) in [6.45, 7) is 24.8. The summed E-state index contributed by atoms with van der Waals surface area (Å²) in [7, 11) is 0. The van der Waals surface area contributed by atoms with Crippen molar-refractivity contribution in [2.45, 2.75) is 170 Å². The minimum atomic E-state index is -1.25. The van der Waals surface area contributed by atoms with Gasteiger partial charge in [-0.1, -0.05) is 58.9 Å². The molecule has 5 fully saturated rings. The average Bonchev–Trinajstić information content (AvgIpc) is 3.53. The number of hydrogen-bond acceptors (Lipinski definition) is 4. The number of ether oxygens (including phenoxy) is 1. The lowest BCUT2D eigenvalue weighted by Gasteiger charge is -2.72. The quantitative estimate of drug-likeness (QED) is 0.171. The molecule has 7 rings (SSSR count). The van der Waals surface area contributed by atoms with Crippen LogP contribution in [0.4, 0.5) is 4.39 Å². The zero-order valence-electron chi connectivity index (χ0n) is 36.0. The van der Waals surface area contributed by atoms with Crippen LogP contribution in [0.5, 0.6) is 0 Å². The first-order valence-electron chi connectivity index (χ1n) is 22.6. The van der Waals surface area contributed by atoms with Gasteiger partial charge in [-0.2, -0.15) is 0 Å². The van der Waals surface area contributed by atoms with Crippen molar-refractivity contribution in [3.05, 3.63) is 35.5 Å². The summed E-state index contributed by atoms with van der Waals surface area (Å²) in [6.07, 6.45) is 22.6. The summed E-state index contributed by atoms with van der Waals surface area (Å²) >= 11 is 0. The molecule has 0 bridgehead atoms. The highest BCUT2D eigenvalue weighted by Gasteiger charge is 2.70. The Labute approximate surface area is 333 Å². The first kappa shape index (κ1) is 41.2. The number of halogens is 1. The normalized spacial score (nSPS) is 46.2. The molecule has 0 radical (unpaired) electrons. The van der Waals surface area contributed by atoms with E-state index in [4.69, 9.17) is 4.74 Å². The van der Waals surface area contributed by atoms with Gasteiger partial charge in [0, 0.05) is 5.54 Å². The van der Waals surface area contributed by atoms with E-state index in [2.05, 4.69) is 72.5 Å². The fraction of sp³-hybridized carbons (Fsp3) is 0.837. The van der Waals surface area contributed by atoms with Crippen molar-refractivity contribution in [2.75, 3.05) is 19.8 Å². The van der Waals surface area contributed by atoms with E-state index in [1.807, 2.05) is 6.92 Å². The molecule has 0 heterocycles. The molecule has 0 spiro atoms. The fourth-order valence-electron chi connectivity index (χ4n) is 15.8. The molecule has 0 unspecified atom stereocenters. The maximum absolute atomic E-state index is 14.0. The standard InChI is InChI=1S/C49H76FNO4/c1-10-55-42(54)44(6)21-13-33(14-22-44)20-30-51-49-27-17-35(32(2)3)40(49)37-11-12-39-45(7)23-18-36(34-15-25-48(31-50,26-16-34)41(52)53)43(4,5)38(45)19-24-47(39,9)46(37,8)28-29-49/h15,18,33,35,37-40,51H,2,10-14,16-17,19-31H2,1,3-9H3,(H,52,53)/t33?,35-,37+,38-,39+,40+,44?,45-,46+,47+,48+,49-/m0/s1. The van der Waals surface area contributed by atoms with E-state index < -0.39 is 18.1 Å². The Balaban J connectivity index is 1.09. The maximum Gasteiger partial charge on any atom is 0.312 e. The molecule has 2 N–H and O–H groups in total. The molecule has 0 aromatic rings. The van der Waals surface area contributed by atoms with E-state index in [0.29, 0.717) is 61.4 Å². The van der Waals surface area contributed by atoms with E-state index >= 15 is 0 Å². The van der Waals surface area contributed by atoms with E-state index in [-0.39, 0.29) is 38.6 Å². The fourth-order valence-corrected chi connectivity index (χ4v) is 15.8. The number of rotatable bonds is 10. The summed E-state index contributed by atoms with van der Waals surface area (Å²) in [5.74, 6) is 2.84. The Morgan fingerprint density at radius 2 is 1.60 bits per heavy atom. The monoisotopic (exact) mass is 762 g/mol. The summed E-state index contributed by atoms with van der Waals surface area (Å²) in [6, 6.07) is 0. The predicted octanol–water partition coefficient (Wildman–Crippen LogP) is 11.8. The average molecular weight is 762 g/mol. The van der Waals surface area contributed by atoms with Crippen molar-refractivity contribution in [1.82, 2.24) is 5.32 Å². The number of carboxylic acid groups (broad SMARTS) is 1. The lowest BCUT2D eigenvalue weighted by Crippen LogP contribution is -2.68. The van der Waals surface area contributed by atoms with E-state index in [1.54, 1.807) is 0 Å². The van der Waals surface area contributed by atoms with E-state index in [0.717, 1.165) is 38.6 Å². The van der Waals surface area contributed by atoms with Crippen LogP contribution in [0.3, 0.4) is 0 Å². The molecular weight excluding hydrogens is 686 g/mol. The second-order valence-corrected chi connectivity index (χ2v) is 22.0. The Bertz CT molecular complexity index is 1590. The van der Waals surface area contributed by atoms with Gasteiger partial charge in [0.25, 0.3) is 0 Å². The van der Waals surface area contributed by atoms with Crippen molar-refractivity contribution in [1.29, 1.82) is 0 Å². The van der Waals surface area contributed by atoms with Gasteiger partial charge in [0.15, 0.2) is 0 Å². The Morgan fingerprint density at radius 3 is 2.22 bits per heavy atom.